The van der Waals surface area contributed by atoms with Crippen molar-refractivity contribution in [2.24, 2.45) is 5.73 Å². The summed E-state index contributed by atoms with van der Waals surface area (Å²) in [6.45, 7) is 4.60. The third kappa shape index (κ3) is 7.65. The third-order valence-electron chi connectivity index (χ3n) is 3.38. The van der Waals surface area contributed by atoms with Crippen LogP contribution in [0.15, 0.2) is 24.3 Å². The first kappa shape index (κ1) is 20.9. The molecule has 0 heterocycles. The number of halogens is 1. The number of nitrogens with one attached hydrogen (secondary N) is 2. The number of carbonyl (C=O) groups excluding carboxylic acids is 3. The molecule has 1 rings (SSSR count). The highest BCUT2D eigenvalue weighted by molar-refractivity contribution is 5.85. The predicted octanol–water partition coefficient (Wildman–Crippen LogP) is 1.23. The summed E-state index contributed by atoms with van der Waals surface area (Å²) in [5, 5.41) is 5.14. The summed E-state index contributed by atoms with van der Waals surface area (Å²) in [5.74, 6) is -0.380. The van der Waals surface area contributed by atoms with Crippen LogP contribution in [0.1, 0.15) is 43.7 Å². The molecule has 1 unspecified atom stereocenters. The average molecular weight is 342 g/mol. The van der Waals surface area contributed by atoms with Crippen LogP contribution in [-0.2, 0) is 20.9 Å². The smallest absolute Gasteiger partial charge is 0.242 e. The maximum atomic E-state index is 12.0. The molecule has 1 atom stereocenters. The molecule has 6 nitrogen and oxygen atoms in total. The van der Waals surface area contributed by atoms with Gasteiger partial charge < -0.3 is 16.4 Å². The Balaban J connectivity index is 0.00000484. The molecule has 128 valence electrons. The Bertz CT molecular complexity index is 518. The third-order valence-corrected chi connectivity index (χ3v) is 3.38. The van der Waals surface area contributed by atoms with E-state index >= 15 is 0 Å². The zero-order chi connectivity index (χ0) is 16.5. The van der Waals surface area contributed by atoms with Gasteiger partial charge in [0.25, 0.3) is 0 Å². The van der Waals surface area contributed by atoms with Gasteiger partial charge in [-0.1, -0.05) is 38.1 Å². The van der Waals surface area contributed by atoms with E-state index in [0.29, 0.717) is 18.9 Å². The highest BCUT2D eigenvalue weighted by atomic mass is 35.5. The molecule has 1 aromatic rings. The predicted molar refractivity (Wildman–Crippen MR) is 91.0 cm³/mol. The van der Waals surface area contributed by atoms with E-state index in [2.05, 4.69) is 24.5 Å². The summed E-state index contributed by atoms with van der Waals surface area (Å²) in [6, 6.07) is 7.23. The quantitative estimate of drug-likeness (QED) is 0.589. The van der Waals surface area contributed by atoms with E-state index in [1.165, 1.54) is 5.56 Å². The van der Waals surface area contributed by atoms with Gasteiger partial charge in [0.05, 0.1) is 0 Å². The molecule has 0 aliphatic rings. The van der Waals surface area contributed by atoms with Gasteiger partial charge >= 0.3 is 0 Å². The summed E-state index contributed by atoms with van der Waals surface area (Å²) < 4.78 is 0. The van der Waals surface area contributed by atoms with Crippen molar-refractivity contribution in [2.75, 3.05) is 0 Å². The molecule has 0 saturated heterocycles. The van der Waals surface area contributed by atoms with Gasteiger partial charge in [-0.25, -0.2) is 0 Å². The fourth-order valence-electron chi connectivity index (χ4n) is 1.99. The van der Waals surface area contributed by atoms with Crippen molar-refractivity contribution in [2.45, 2.75) is 45.2 Å². The minimum Gasteiger partial charge on any atom is -0.370 e. The zero-order valence-electron chi connectivity index (χ0n) is 13.4. The van der Waals surface area contributed by atoms with E-state index < -0.39 is 11.9 Å². The molecule has 0 aliphatic carbocycles. The molecule has 4 N–H and O–H groups in total. The number of carbonyl (C=O) groups is 3. The van der Waals surface area contributed by atoms with Crippen LogP contribution in [-0.4, -0.2) is 24.3 Å². The van der Waals surface area contributed by atoms with Crippen molar-refractivity contribution in [1.29, 1.82) is 0 Å². The Morgan fingerprint density at radius 2 is 1.83 bits per heavy atom. The second kappa shape index (κ2) is 10.6. The van der Waals surface area contributed by atoms with Crippen LogP contribution in [0, 0.1) is 0 Å². The normalized spacial score (nSPS) is 11.3. The number of amides is 3. The van der Waals surface area contributed by atoms with E-state index in [1.807, 2.05) is 24.3 Å². The number of hydrogen-bond donors (Lipinski definition) is 3. The van der Waals surface area contributed by atoms with Gasteiger partial charge in [0, 0.05) is 13.0 Å². The summed E-state index contributed by atoms with van der Waals surface area (Å²) >= 11 is 0. The van der Waals surface area contributed by atoms with Gasteiger partial charge in [-0.15, -0.1) is 12.4 Å². The van der Waals surface area contributed by atoms with E-state index in [0.717, 1.165) is 5.56 Å². The van der Waals surface area contributed by atoms with Crippen LogP contribution < -0.4 is 16.4 Å². The Hall–Kier alpha value is -2.08. The molecule has 23 heavy (non-hydrogen) atoms. The first-order chi connectivity index (χ1) is 10.4. The maximum Gasteiger partial charge on any atom is 0.242 e. The van der Waals surface area contributed by atoms with Crippen molar-refractivity contribution in [3.63, 3.8) is 0 Å². The van der Waals surface area contributed by atoms with E-state index in [1.54, 1.807) is 0 Å². The molecule has 3 amide bonds. The van der Waals surface area contributed by atoms with Gasteiger partial charge in [0.2, 0.25) is 18.2 Å². The summed E-state index contributed by atoms with van der Waals surface area (Å²) in [6.07, 6.45) is 0.677. The lowest BCUT2D eigenvalue weighted by molar-refractivity contribution is -0.126. The van der Waals surface area contributed by atoms with Crippen LogP contribution in [0.5, 0.6) is 0 Å². The fourth-order valence-corrected chi connectivity index (χ4v) is 1.99. The van der Waals surface area contributed by atoms with E-state index in [-0.39, 0.29) is 31.2 Å². The Labute approximate surface area is 142 Å². The Morgan fingerprint density at radius 1 is 1.22 bits per heavy atom. The van der Waals surface area contributed by atoms with Crippen LogP contribution in [0.25, 0.3) is 0 Å². The van der Waals surface area contributed by atoms with Gasteiger partial charge in [-0.05, 0) is 23.5 Å². The molecule has 0 fully saturated rings. The van der Waals surface area contributed by atoms with E-state index in [4.69, 9.17) is 5.73 Å². The van der Waals surface area contributed by atoms with Crippen molar-refractivity contribution < 1.29 is 14.4 Å². The van der Waals surface area contributed by atoms with Gasteiger partial charge in [0.1, 0.15) is 6.04 Å². The molecule has 0 radical (unpaired) electrons. The fraction of sp³-hybridized carbons (Fsp3) is 0.438. The van der Waals surface area contributed by atoms with Gasteiger partial charge in [-0.3, -0.25) is 14.4 Å². The van der Waals surface area contributed by atoms with Gasteiger partial charge in [-0.2, -0.15) is 0 Å². The lowest BCUT2D eigenvalue weighted by Gasteiger charge is -2.15. The number of primary amides is 1. The molecular weight excluding hydrogens is 318 g/mol. The molecule has 0 aliphatic heterocycles. The Kier molecular flexibility index (Phi) is 9.65. The molecular formula is C16H24ClN3O3. The van der Waals surface area contributed by atoms with Crippen molar-refractivity contribution in [3.05, 3.63) is 35.4 Å². The second-order valence-corrected chi connectivity index (χ2v) is 5.46. The topological polar surface area (TPSA) is 101 Å². The lowest BCUT2D eigenvalue weighted by atomic mass is 10.0. The number of hydrogen-bond acceptors (Lipinski definition) is 3. The monoisotopic (exact) mass is 341 g/mol. The van der Waals surface area contributed by atoms with Crippen LogP contribution in [0.4, 0.5) is 0 Å². The largest absolute Gasteiger partial charge is 0.370 e. The summed E-state index contributed by atoms with van der Waals surface area (Å²) in [4.78, 5) is 33.3. The number of benzene rings is 1. The molecule has 7 heteroatoms. The summed E-state index contributed by atoms with van der Waals surface area (Å²) in [7, 11) is 0. The first-order valence-corrected chi connectivity index (χ1v) is 7.28. The minimum atomic E-state index is -0.750. The molecule has 0 saturated carbocycles. The van der Waals surface area contributed by atoms with Crippen LogP contribution in [0.2, 0.25) is 0 Å². The van der Waals surface area contributed by atoms with E-state index in [9.17, 15) is 14.4 Å². The van der Waals surface area contributed by atoms with Crippen LogP contribution in [0.3, 0.4) is 0 Å². The maximum absolute atomic E-state index is 12.0. The zero-order valence-corrected chi connectivity index (χ0v) is 14.2. The number of nitrogens with two attached hydrogens (primary N) is 1. The average Bonchev–Trinajstić information content (AvgIpc) is 2.49. The standard InChI is InChI=1S/C16H23N3O3.ClH/c1-11(2)13-5-3-12(4-6-13)9-18-16(22)14(19-10-20)7-8-15(17)21;/h3-6,10-11,14H,7-9H2,1-2H3,(H2,17,21)(H,18,22)(H,19,20);1H. The highest BCUT2D eigenvalue weighted by Gasteiger charge is 2.17. The van der Waals surface area contributed by atoms with Crippen LogP contribution >= 0.6 is 12.4 Å². The molecule has 0 bridgehead atoms. The van der Waals surface area contributed by atoms with Gasteiger partial charge in [0.15, 0.2) is 0 Å². The Morgan fingerprint density at radius 3 is 2.30 bits per heavy atom. The lowest BCUT2D eigenvalue weighted by Crippen LogP contribution is -2.43. The minimum absolute atomic E-state index is 0. The number of rotatable bonds is 9. The summed E-state index contributed by atoms with van der Waals surface area (Å²) in [5.41, 5.74) is 7.26. The van der Waals surface area contributed by atoms with Crippen molar-refractivity contribution in [1.82, 2.24) is 10.6 Å². The second-order valence-electron chi connectivity index (χ2n) is 5.46. The molecule has 0 aromatic heterocycles. The van der Waals surface area contributed by atoms with Crippen molar-refractivity contribution >= 4 is 30.6 Å². The first-order valence-electron chi connectivity index (χ1n) is 7.28. The van der Waals surface area contributed by atoms with Crippen molar-refractivity contribution in [3.8, 4) is 0 Å². The molecule has 0 spiro atoms. The SMILES string of the molecule is CC(C)c1ccc(CNC(=O)C(CCC(N)=O)NC=O)cc1.Cl. The molecule has 1 aromatic carbocycles. The highest BCUT2D eigenvalue weighted by Crippen LogP contribution is 2.14.